The quantitative estimate of drug-likeness (QED) is 0.736. The van der Waals surface area contributed by atoms with E-state index >= 15 is 0 Å². The highest BCUT2D eigenvalue weighted by molar-refractivity contribution is 5.92. The van der Waals surface area contributed by atoms with Crippen LogP contribution in [0.5, 0.6) is 5.75 Å². The van der Waals surface area contributed by atoms with Gasteiger partial charge in [-0.2, -0.15) is 0 Å². The van der Waals surface area contributed by atoms with Crippen LogP contribution in [0, 0.1) is 0 Å². The van der Waals surface area contributed by atoms with Crippen molar-refractivity contribution in [1.82, 2.24) is 10.3 Å². The van der Waals surface area contributed by atoms with Crippen molar-refractivity contribution in [1.29, 1.82) is 0 Å². The van der Waals surface area contributed by atoms with Crippen LogP contribution in [0.3, 0.4) is 0 Å². The molecule has 0 aliphatic heterocycles. The molecule has 1 aromatic carbocycles. The Balaban J connectivity index is 1.80. The minimum atomic E-state index is -0.172. The summed E-state index contributed by atoms with van der Waals surface area (Å²) < 4.78 is 5.12. The van der Waals surface area contributed by atoms with Crippen LogP contribution in [0.1, 0.15) is 16.1 Å². The Morgan fingerprint density at radius 3 is 2.65 bits per heavy atom. The minimum Gasteiger partial charge on any atom is -0.497 e. The molecule has 0 atom stereocenters. The first-order valence-electron chi connectivity index (χ1n) is 7.45. The van der Waals surface area contributed by atoms with Crippen molar-refractivity contribution in [2.75, 3.05) is 25.5 Å². The van der Waals surface area contributed by atoms with E-state index < -0.39 is 0 Å². The zero-order valence-corrected chi connectivity index (χ0v) is 13.2. The molecular weight excluding hydrogens is 290 g/mol. The van der Waals surface area contributed by atoms with Crippen LogP contribution >= 0.6 is 0 Å². The highest BCUT2D eigenvalue weighted by Gasteiger charge is 2.06. The molecule has 0 radical (unpaired) electrons. The highest BCUT2D eigenvalue weighted by atomic mass is 16.5. The van der Waals surface area contributed by atoms with Crippen molar-refractivity contribution in [3.63, 3.8) is 0 Å². The second kappa shape index (κ2) is 8.58. The second-order valence-electron chi connectivity index (χ2n) is 4.96. The number of pyridine rings is 1. The largest absolute Gasteiger partial charge is 0.497 e. The third-order valence-corrected chi connectivity index (χ3v) is 3.30. The molecule has 23 heavy (non-hydrogen) atoms. The maximum atomic E-state index is 12.0. The number of nitrogens with zero attached hydrogens (tertiary/aromatic N) is 1. The molecule has 0 saturated carbocycles. The first-order chi connectivity index (χ1) is 11.2. The lowest BCUT2D eigenvalue weighted by atomic mass is 10.1. The maximum absolute atomic E-state index is 12.0. The van der Waals surface area contributed by atoms with E-state index in [4.69, 9.17) is 4.74 Å². The van der Waals surface area contributed by atoms with Crippen LogP contribution in [-0.4, -0.2) is 31.1 Å². The fourth-order valence-corrected chi connectivity index (χ4v) is 2.03. The van der Waals surface area contributed by atoms with Gasteiger partial charge in [-0.3, -0.25) is 4.79 Å². The minimum absolute atomic E-state index is 0.172. The Morgan fingerprint density at radius 2 is 2.04 bits per heavy atom. The van der Waals surface area contributed by atoms with Crippen LogP contribution in [0.25, 0.3) is 0 Å². The van der Waals surface area contributed by atoms with Crippen LogP contribution in [0.4, 0.5) is 5.69 Å². The Bertz CT molecular complexity index is 636. The Morgan fingerprint density at radius 1 is 1.26 bits per heavy atom. The fourth-order valence-electron chi connectivity index (χ4n) is 2.03. The molecule has 1 aromatic heterocycles. The zero-order chi connectivity index (χ0) is 16.5. The van der Waals surface area contributed by atoms with Gasteiger partial charge in [-0.15, -0.1) is 6.58 Å². The van der Waals surface area contributed by atoms with E-state index in [0.717, 1.165) is 23.4 Å². The van der Waals surface area contributed by atoms with Crippen LogP contribution in [-0.2, 0) is 6.42 Å². The smallest absolute Gasteiger partial charge is 0.269 e. The molecule has 0 bridgehead atoms. The summed E-state index contributed by atoms with van der Waals surface area (Å²) in [6.07, 6.45) is 4.16. The number of carbonyl (C=O) groups is 1. The number of hydrogen-bond acceptors (Lipinski definition) is 4. The summed E-state index contributed by atoms with van der Waals surface area (Å²) in [5, 5.41) is 5.98. The first-order valence-corrected chi connectivity index (χ1v) is 7.45. The number of hydrogen-bond donors (Lipinski definition) is 2. The van der Waals surface area contributed by atoms with Gasteiger partial charge in [-0.1, -0.05) is 18.2 Å². The summed E-state index contributed by atoms with van der Waals surface area (Å²) in [5.74, 6) is 0.654. The van der Waals surface area contributed by atoms with E-state index in [2.05, 4.69) is 22.2 Å². The molecule has 5 nitrogen and oxygen atoms in total. The number of aromatic nitrogens is 1. The second-order valence-corrected chi connectivity index (χ2v) is 4.96. The molecule has 0 unspecified atom stereocenters. The zero-order valence-electron chi connectivity index (χ0n) is 13.2. The number of rotatable bonds is 8. The lowest BCUT2D eigenvalue weighted by Gasteiger charge is -2.07. The number of benzene rings is 1. The number of amides is 1. The molecular formula is C18H21N3O2. The van der Waals surface area contributed by atoms with Crippen molar-refractivity contribution in [3.8, 4) is 5.75 Å². The van der Waals surface area contributed by atoms with Crippen LogP contribution in [0.15, 0.2) is 55.3 Å². The van der Waals surface area contributed by atoms with Gasteiger partial charge in [0.15, 0.2) is 0 Å². The molecule has 0 fully saturated rings. The van der Waals surface area contributed by atoms with Gasteiger partial charge < -0.3 is 15.4 Å². The molecule has 2 N–H and O–H groups in total. The number of ether oxygens (including phenoxy) is 1. The molecule has 2 rings (SSSR count). The van der Waals surface area contributed by atoms with E-state index in [-0.39, 0.29) is 5.91 Å². The van der Waals surface area contributed by atoms with E-state index in [1.807, 2.05) is 30.3 Å². The number of anilines is 1. The van der Waals surface area contributed by atoms with Gasteiger partial charge in [-0.25, -0.2) is 4.98 Å². The predicted octanol–water partition coefficient (Wildman–Crippen LogP) is 2.66. The normalized spacial score (nSPS) is 9.96. The Labute approximate surface area is 136 Å². The molecule has 2 aromatic rings. The average Bonchev–Trinajstić information content (AvgIpc) is 2.61. The summed E-state index contributed by atoms with van der Waals surface area (Å²) in [5.41, 5.74) is 2.41. The Hall–Kier alpha value is -2.82. The molecule has 1 amide bonds. The van der Waals surface area contributed by atoms with Crippen molar-refractivity contribution in [2.24, 2.45) is 0 Å². The molecule has 0 aliphatic carbocycles. The van der Waals surface area contributed by atoms with Gasteiger partial charge in [0.1, 0.15) is 11.4 Å². The average molecular weight is 311 g/mol. The first kappa shape index (κ1) is 16.5. The molecule has 5 heteroatoms. The standard InChI is InChI=1S/C18H21N3O2/c1-3-11-19-15-6-9-17(21-13-15)18(22)20-12-10-14-4-7-16(23-2)8-5-14/h3-9,13,19H,1,10-12H2,2H3,(H,20,22). The molecule has 0 saturated heterocycles. The van der Waals surface area contributed by atoms with E-state index in [0.29, 0.717) is 18.8 Å². The SMILES string of the molecule is C=CCNc1ccc(C(=O)NCCc2ccc(OC)cc2)nc1. The number of nitrogens with one attached hydrogen (secondary N) is 2. The molecule has 120 valence electrons. The number of carbonyl (C=O) groups excluding carboxylic acids is 1. The maximum Gasteiger partial charge on any atom is 0.269 e. The summed E-state index contributed by atoms with van der Waals surface area (Å²) in [7, 11) is 1.64. The lowest BCUT2D eigenvalue weighted by Crippen LogP contribution is -2.26. The number of methoxy groups -OCH3 is 1. The Kier molecular flexibility index (Phi) is 6.17. The van der Waals surface area contributed by atoms with Gasteiger partial charge in [-0.05, 0) is 36.2 Å². The van der Waals surface area contributed by atoms with Crippen molar-refractivity contribution in [3.05, 3.63) is 66.5 Å². The topological polar surface area (TPSA) is 63.2 Å². The van der Waals surface area contributed by atoms with E-state index in [9.17, 15) is 4.79 Å². The fraction of sp³-hybridized carbons (Fsp3) is 0.222. The lowest BCUT2D eigenvalue weighted by molar-refractivity contribution is 0.0949. The van der Waals surface area contributed by atoms with Crippen LogP contribution < -0.4 is 15.4 Å². The highest BCUT2D eigenvalue weighted by Crippen LogP contribution is 2.11. The third kappa shape index (κ3) is 5.14. The van der Waals surface area contributed by atoms with Gasteiger partial charge in [0.2, 0.25) is 0 Å². The van der Waals surface area contributed by atoms with Gasteiger partial charge >= 0.3 is 0 Å². The van der Waals surface area contributed by atoms with Gasteiger partial charge in [0.25, 0.3) is 5.91 Å². The molecule has 1 heterocycles. The van der Waals surface area contributed by atoms with Gasteiger partial charge in [0, 0.05) is 13.1 Å². The van der Waals surface area contributed by atoms with Crippen molar-refractivity contribution >= 4 is 11.6 Å². The summed E-state index contributed by atoms with van der Waals surface area (Å²) >= 11 is 0. The van der Waals surface area contributed by atoms with E-state index in [1.54, 1.807) is 25.4 Å². The summed E-state index contributed by atoms with van der Waals surface area (Å²) in [6, 6.07) is 11.3. The summed E-state index contributed by atoms with van der Waals surface area (Å²) in [6.45, 7) is 4.86. The third-order valence-electron chi connectivity index (χ3n) is 3.30. The molecule has 0 spiro atoms. The monoisotopic (exact) mass is 311 g/mol. The predicted molar refractivity (Wildman–Crippen MR) is 92.0 cm³/mol. The van der Waals surface area contributed by atoms with E-state index in [1.165, 1.54) is 0 Å². The molecule has 0 aliphatic rings. The summed E-state index contributed by atoms with van der Waals surface area (Å²) in [4.78, 5) is 16.2. The van der Waals surface area contributed by atoms with Crippen molar-refractivity contribution in [2.45, 2.75) is 6.42 Å². The van der Waals surface area contributed by atoms with Crippen molar-refractivity contribution < 1.29 is 9.53 Å². The van der Waals surface area contributed by atoms with Gasteiger partial charge in [0.05, 0.1) is 19.0 Å². The van der Waals surface area contributed by atoms with Crippen LogP contribution in [0.2, 0.25) is 0 Å².